The van der Waals surface area contributed by atoms with Gasteiger partial charge in [-0.2, -0.15) is 0 Å². The minimum Gasteiger partial charge on any atom is -0.457 e. The van der Waals surface area contributed by atoms with Crippen LogP contribution in [0.4, 0.5) is 10.5 Å². The van der Waals surface area contributed by atoms with Crippen LogP contribution in [-0.4, -0.2) is 46.9 Å². The Morgan fingerprint density at radius 2 is 1.89 bits per heavy atom. The van der Waals surface area contributed by atoms with Crippen LogP contribution < -0.4 is 20.7 Å². The van der Waals surface area contributed by atoms with Gasteiger partial charge in [-0.25, -0.2) is 4.79 Å². The van der Waals surface area contributed by atoms with Crippen molar-refractivity contribution in [2.45, 2.75) is 55.5 Å². The SMILES string of the molecule is C/C(=C\C1CC1)C(=O)N1CCCC(NC(=O)C2=C3NC(=O)Nc4ccnc(c43)[SH]2c2ccc(Oc3ccccc3)cc2C)C1. The number of amides is 4. The minimum absolute atomic E-state index is 0.0429. The summed E-state index contributed by atoms with van der Waals surface area (Å²) in [6, 6.07) is 16.6. The number of anilines is 1. The van der Waals surface area contributed by atoms with Crippen molar-refractivity contribution in [3.63, 3.8) is 0 Å². The highest BCUT2D eigenvalue weighted by Gasteiger charge is 2.41. The summed E-state index contributed by atoms with van der Waals surface area (Å²) in [5.41, 5.74) is 3.64. The number of para-hydroxylation sites is 1. The fraction of sp³-hybridized carbons (Fsp3) is 0.294. The number of hydrogen-bond donors (Lipinski definition) is 4. The number of pyridine rings is 1. The van der Waals surface area contributed by atoms with Gasteiger partial charge in [-0.1, -0.05) is 24.3 Å². The Morgan fingerprint density at radius 1 is 1.07 bits per heavy atom. The quantitative estimate of drug-likeness (QED) is 0.197. The van der Waals surface area contributed by atoms with Crippen molar-refractivity contribution in [3.05, 3.63) is 88.5 Å². The van der Waals surface area contributed by atoms with E-state index in [9.17, 15) is 14.4 Å². The molecule has 226 valence electrons. The lowest BCUT2D eigenvalue weighted by Crippen LogP contribution is -2.50. The van der Waals surface area contributed by atoms with E-state index >= 15 is 0 Å². The van der Waals surface area contributed by atoms with Gasteiger partial charge in [-0.05, 0) is 87.4 Å². The maximum absolute atomic E-state index is 14.3. The van der Waals surface area contributed by atoms with Crippen LogP contribution in [0.3, 0.4) is 0 Å². The van der Waals surface area contributed by atoms with Gasteiger partial charge >= 0.3 is 6.03 Å². The lowest BCUT2D eigenvalue weighted by Gasteiger charge is -2.34. The van der Waals surface area contributed by atoms with Gasteiger partial charge in [-0.3, -0.25) is 14.6 Å². The zero-order valence-electron chi connectivity index (χ0n) is 24.7. The van der Waals surface area contributed by atoms with Gasteiger partial charge in [-0.15, -0.1) is 10.9 Å². The molecule has 3 aliphatic heterocycles. The number of allylic oxidation sites excluding steroid dienone is 1. The molecular weight excluding hydrogens is 574 g/mol. The molecule has 2 fully saturated rings. The second kappa shape index (κ2) is 11.5. The number of thiol groups is 1. The van der Waals surface area contributed by atoms with Crippen LogP contribution in [0.5, 0.6) is 11.5 Å². The largest absolute Gasteiger partial charge is 0.457 e. The average molecular weight is 610 g/mol. The third-order valence-corrected chi connectivity index (χ3v) is 11.1. The first-order valence-corrected chi connectivity index (χ1v) is 16.4. The second-order valence-electron chi connectivity index (χ2n) is 11.8. The van der Waals surface area contributed by atoms with Crippen LogP contribution in [0.15, 0.2) is 87.3 Å². The Hall–Kier alpha value is -4.57. The second-order valence-corrected chi connectivity index (χ2v) is 13.8. The summed E-state index contributed by atoms with van der Waals surface area (Å²) in [5, 5.41) is 9.80. The van der Waals surface area contributed by atoms with E-state index in [4.69, 9.17) is 9.72 Å². The summed E-state index contributed by atoms with van der Waals surface area (Å²) in [6.45, 7) is 5.03. The standard InChI is InChI=1S/C34H35N5O4S/c1-20-18-25(43-24-8-4-3-5-9-24)12-13-27(20)44-30(29-28-26(37-34(42)38-29)14-15-35-32(28)44)31(40)36-23-7-6-16-39(19-23)33(41)21(2)17-22-10-11-22/h3-5,8-9,12-15,17-18,22-23,44H,6-7,10-11,16,19H2,1-2H3,(H,36,40)(H2,37,38,42)/b21-17+. The molecule has 0 bridgehead atoms. The van der Waals surface area contributed by atoms with Crippen LogP contribution in [0.1, 0.15) is 43.7 Å². The number of carbonyl (C=O) groups is 3. The summed E-state index contributed by atoms with van der Waals surface area (Å²) in [5.74, 6) is 1.76. The van der Waals surface area contributed by atoms with E-state index < -0.39 is 10.9 Å². The lowest BCUT2D eigenvalue weighted by molar-refractivity contribution is -0.129. The van der Waals surface area contributed by atoms with Crippen molar-refractivity contribution in [1.82, 2.24) is 20.5 Å². The van der Waals surface area contributed by atoms with Gasteiger partial charge in [0.25, 0.3) is 5.91 Å². The van der Waals surface area contributed by atoms with Gasteiger partial charge < -0.3 is 25.6 Å². The normalized spacial score (nSPS) is 21.7. The van der Waals surface area contributed by atoms with Gasteiger partial charge in [0.2, 0.25) is 5.91 Å². The van der Waals surface area contributed by atoms with E-state index in [1.165, 1.54) is 0 Å². The van der Waals surface area contributed by atoms with Crippen LogP contribution in [0.2, 0.25) is 0 Å². The summed E-state index contributed by atoms with van der Waals surface area (Å²) in [7, 11) is -1.40. The molecule has 7 rings (SSSR count). The number of carbonyl (C=O) groups excluding carboxylic acids is 3. The Bertz CT molecular complexity index is 1730. The molecule has 0 spiro atoms. The molecule has 4 heterocycles. The summed E-state index contributed by atoms with van der Waals surface area (Å²) in [4.78, 5) is 48.2. The monoisotopic (exact) mass is 609 g/mol. The van der Waals surface area contributed by atoms with Gasteiger partial charge in [0.15, 0.2) is 0 Å². The number of piperidine rings is 1. The maximum Gasteiger partial charge on any atom is 0.323 e. The minimum atomic E-state index is -1.40. The number of ether oxygens (including phenoxy) is 1. The van der Waals surface area contributed by atoms with Crippen molar-refractivity contribution in [2.24, 2.45) is 5.92 Å². The zero-order chi connectivity index (χ0) is 30.4. The molecule has 9 nitrogen and oxygen atoms in total. The highest BCUT2D eigenvalue weighted by Crippen LogP contribution is 2.61. The van der Waals surface area contributed by atoms with Crippen LogP contribution >= 0.6 is 10.9 Å². The molecule has 1 aromatic heterocycles. The maximum atomic E-state index is 14.3. The van der Waals surface area contributed by atoms with Gasteiger partial charge in [0.05, 0.1) is 26.9 Å². The molecule has 0 radical (unpaired) electrons. The topological polar surface area (TPSA) is 113 Å². The first kappa shape index (κ1) is 28.2. The molecule has 3 aromatic rings. The summed E-state index contributed by atoms with van der Waals surface area (Å²) in [6.07, 6.45) is 7.65. The highest BCUT2D eigenvalue weighted by atomic mass is 32.2. The third-order valence-electron chi connectivity index (χ3n) is 8.43. The molecule has 1 saturated carbocycles. The molecule has 3 N–H and O–H groups in total. The number of urea groups is 1. The number of nitrogens with one attached hydrogen (secondary N) is 3. The molecular formula is C34H35N5O4S. The fourth-order valence-electron chi connectivity index (χ4n) is 6.18. The van der Waals surface area contributed by atoms with Gasteiger partial charge in [0.1, 0.15) is 11.5 Å². The number of benzene rings is 2. The molecule has 4 aliphatic rings. The molecule has 1 saturated heterocycles. The molecule has 2 atom stereocenters. The molecule has 44 heavy (non-hydrogen) atoms. The van der Waals surface area contributed by atoms with Gasteiger partial charge in [0, 0.05) is 35.8 Å². The Morgan fingerprint density at radius 3 is 2.66 bits per heavy atom. The van der Waals surface area contributed by atoms with E-state index in [-0.39, 0.29) is 23.9 Å². The molecule has 2 unspecified atom stereocenters. The van der Waals surface area contributed by atoms with Crippen LogP contribution in [0.25, 0.3) is 5.70 Å². The summed E-state index contributed by atoms with van der Waals surface area (Å²) < 4.78 is 6.07. The fourth-order valence-corrected chi connectivity index (χ4v) is 8.80. The average Bonchev–Trinajstić information content (AvgIpc) is 3.77. The molecule has 4 amide bonds. The smallest absolute Gasteiger partial charge is 0.323 e. The molecule has 2 aromatic carbocycles. The van der Waals surface area contributed by atoms with E-state index in [1.54, 1.807) is 12.3 Å². The number of aromatic nitrogens is 1. The third kappa shape index (κ3) is 5.45. The van der Waals surface area contributed by atoms with E-state index in [0.29, 0.717) is 41.0 Å². The highest BCUT2D eigenvalue weighted by molar-refractivity contribution is 8.21. The van der Waals surface area contributed by atoms with Crippen molar-refractivity contribution < 1.29 is 19.1 Å². The van der Waals surface area contributed by atoms with Crippen LogP contribution in [0, 0.1) is 12.8 Å². The van der Waals surface area contributed by atoms with E-state index in [1.807, 2.05) is 67.3 Å². The summed E-state index contributed by atoms with van der Waals surface area (Å²) >= 11 is 0. The van der Waals surface area contributed by atoms with Crippen molar-refractivity contribution in [2.75, 3.05) is 18.4 Å². The van der Waals surface area contributed by atoms with Crippen LogP contribution in [-0.2, 0) is 9.59 Å². The number of hydrogen-bond acceptors (Lipinski definition) is 5. The lowest BCUT2D eigenvalue weighted by atomic mass is 10.0. The number of nitrogens with zero attached hydrogens (tertiary/aromatic N) is 2. The number of rotatable bonds is 7. The Labute approximate surface area is 259 Å². The van der Waals surface area contributed by atoms with Crippen molar-refractivity contribution in [3.8, 4) is 11.5 Å². The Balaban J connectivity index is 1.19. The predicted octanol–water partition coefficient (Wildman–Crippen LogP) is 5.88. The zero-order valence-corrected chi connectivity index (χ0v) is 25.6. The van der Waals surface area contributed by atoms with E-state index in [2.05, 4.69) is 22.0 Å². The first-order valence-electron chi connectivity index (χ1n) is 15.1. The molecule has 1 aliphatic carbocycles. The first-order chi connectivity index (χ1) is 21.4. The molecule has 10 heteroatoms. The Kier molecular flexibility index (Phi) is 7.37. The number of aryl methyl sites for hydroxylation is 1. The number of likely N-dealkylation sites (tertiary alicyclic amines) is 1. The van der Waals surface area contributed by atoms with Crippen molar-refractivity contribution in [1.29, 1.82) is 0 Å². The predicted molar refractivity (Wildman–Crippen MR) is 171 cm³/mol. The van der Waals surface area contributed by atoms with Crippen molar-refractivity contribution >= 4 is 40.1 Å². The van der Waals surface area contributed by atoms with E-state index in [0.717, 1.165) is 58.1 Å².